The van der Waals surface area contributed by atoms with Crippen molar-refractivity contribution in [2.24, 2.45) is 5.92 Å². The highest BCUT2D eigenvalue weighted by Crippen LogP contribution is 2.46. The van der Waals surface area contributed by atoms with Gasteiger partial charge in [0.2, 0.25) is 11.8 Å². The lowest BCUT2D eigenvalue weighted by atomic mass is 9.83. The quantitative estimate of drug-likeness (QED) is 0.833. The van der Waals surface area contributed by atoms with Crippen LogP contribution in [0.2, 0.25) is 5.15 Å². The number of halogens is 3. The second-order valence-corrected chi connectivity index (χ2v) is 6.97. The van der Waals surface area contributed by atoms with E-state index in [0.29, 0.717) is 5.56 Å². The molecule has 1 aliphatic rings. The third kappa shape index (κ3) is 4.24. The Balaban J connectivity index is 1.96. The van der Waals surface area contributed by atoms with Crippen LogP contribution in [0.1, 0.15) is 41.9 Å². The van der Waals surface area contributed by atoms with Gasteiger partial charge in [-0.15, -0.1) is 0 Å². The van der Waals surface area contributed by atoms with Gasteiger partial charge in [-0.1, -0.05) is 17.7 Å². The monoisotopic (exact) mass is 401 g/mol. The van der Waals surface area contributed by atoms with Crippen molar-refractivity contribution in [2.45, 2.75) is 31.1 Å². The zero-order valence-electron chi connectivity index (χ0n) is 14.5. The van der Waals surface area contributed by atoms with Gasteiger partial charge >= 0.3 is 0 Å². The molecule has 6 nitrogen and oxygen atoms in total. The van der Waals surface area contributed by atoms with Crippen LogP contribution in [0.15, 0.2) is 30.6 Å². The van der Waals surface area contributed by atoms with Crippen molar-refractivity contribution in [1.29, 1.82) is 10.5 Å². The summed E-state index contributed by atoms with van der Waals surface area (Å²) in [4.78, 5) is 20.7. The smallest absolute Gasteiger partial charge is 0.248 e. The molecular weight excluding hydrogens is 388 g/mol. The van der Waals surface area contributed by atoms with Gasteiger partial charge < -0.3 is 5.32 Å². The number of nitrogens with one attached hydrogen (secondary N) is 1. The average molecular weight is 402 g/mol. The largest absolute Gasteiger partial charge is 0.309 e. The molecule has 0 saturated heterocycles. The molecule has 9 heteroatoms. The van der Waals surface area contributed by atoms with Crippen LogP contribution in [0.25, 0.3) is 0 Å². The highest BCUT2D eigenvalue weighted by atomic mass is 35.5. The molecule has 3 rings (SSSR count). The average Bonchev–Trinajstić information content (AvgIpc) is 3.03. The summed E-state index contributed by atoms with van der Waals surface area (Å²) in [7, 11) is 0. The Bertz CT molecular complexity index is 981. The molecule has 1 fully saturated rings. The second-order valence-electron chi connectivity index (χ2n) is 6.58. The Morgan fingerprint density at radius 1 is 1.25 bits per heavy atom. The van der Waals surface area contributed by atoms with E-state index < -0.39 is 30.1 Å². The molecule has 1 N–H and O–H groups in total. The van der Waals surface area contributed by atoms with Crippen molar-refractivity contribution >= 4 is 23.3 Å². The van der Waals surface area contributed by atoms with Gasteiger partial charge in [-0.25, -0.2) is 18.7 Å². The minimum atomic E-state index is -2.84. The van der Waals surface area contributed by atoms with Gasteiger partial charge in [0.1, 0.15) is 17.3 Å². The topological polar surface area (TPSA) is 102 Å². The number of amides is 1. The molecule has 1 aliphatic carbocycles. The summed E-state index contributed by atoms with van der Waals surface area (Å²) in [6, 6.07) is 8.15. The lowest BCUT2D eigenvalue weighted by Crippen LogP contribution is -2.28. The Kier molecular flexibility index (Phi) is 5.53. The molecule has 2 aromatic rings. The van der Waals surface area contributed by atoms with E-state index in [1.165, 1.54) is 30.6 Å². The molecule has 2 atom stereocenters. The van der Waals surface area contributed by atoms with Crippen molar-refractivity contribution in [1.82, 2.24) is 9.97 Å². The molecule has 1 heterocycles. The first-order chi connectivity index (χ1) is 13.3. The fourth-order valence-electron chi connectivity index (χ4n) is 3.43. The SMILES string of the molecule is N#Cc1ccc([C@@H](C(=O)Nc2cnc(Cl)cn2)[C@@H]2CCC(F)(F)C2)cc1C#N. The van der Waals surface area contributed by atoms with Crippen LogP contribution in [0.4, 0.5) is 14.6 Å². The fourth-order valence-corrected chi connectivity index (χ4v) is 3.53. The van der Waals surface area contributed by atoms with Gasteiger partial charge in [0.05, 0.1) is 29.4 Å². The van der Waals surface area contributed by atoms with Gasteiger partial charge in [-0.05, 0) is 30.0 Å². The minimum absolute atomic E-state index is 0.0915. The Labute approximate surface area is 164 Å². The Hall–Kier alpha value is -3.10. The summed E-state index contributed by atoms with van der Waals surface area (Å²) in [6.07, 6.45) is 1.95. The van der Waals surface area contributed by atoms with Crippen LogP contribution in [-0.4, -0.2) is 21.8 Å². The van der Waals surface area contributed by atoms with E-state index >= 15 is 0 Å². The molecular formula is C19H14ClF2N5O. The number of hydrogen-bond acceptors (Lipinski definition) is 5. The predicted molar refractivity (Wildman–Crippen MR) is 96.6 cm³/mol. The van der Waals surface area contributed by atoms with E-state index in [1.54, 1.807) is 0 Å². The number of nitriles is 2. The fraction of sp³-hybridized carbons (Fsp3) is 0.316. The first-order valence-corrected chi connectivity index (χ1v) is 8.81. The third-order valence-electron chi connectivity index (χ3n) is 4.71. The maximum atomic E-state index is 13.8. The van der Waals surface area contributed by atoms with Crippen molar-refractivity contribution in [3.8, 4) is 12.1 Å². The zero-order valence-corrected chi connectivity index (χ0v) is 15.2. The molecule has 1 saturated carbocycles. The molecule has 0 radical (unpaired) electrons. The summed E-state index contributed by atoms with van der Waals surface area (Å²) in [5.41, 5.74) is 0.650. The van der Waals surface area contributed by atoms with E-state index in [-0.39, 0.29) is 34.9 Å². The first-order valence-electron chi connectivity index (χ1n) is 8.43. The van der Waals surface area contributed by atoms with Crippen molar-refractivity contribution in [3.05, 3.63) is 52.4 Å². The number of carbonyl (C=O) groups excluding carboxylic acids is 1. The first kappa shape index (κ1) is 19.7. The Morgan fingerprint density at radius 3 is 2.57 bits per heavy atom. The Morgan fingerprint density at radius 2 is 2.00 bits per heavy atom. The van der Waals surface area contributed by atoms with Gasteiger partial charge in [0, 0.05) is 12.8 Å². The maximum absolute atomic E-state index is 13.8. The van der Waals surface area contributed by atoms with E-state index in [2.05, 4.69) is 15.3 Å². The van der Waals surface area contributed by atoms with E-state index in [4.69, 9.17) is 16.9 Å². The number of rotatable bonds is 4. The number of aromatic nitrogens is 2. The lowest BCUT2D eigenvalue weighted by Gasteiger charge is -2.23. The molecule has 1 amide bonds. The van der Waals surface area contributed by atoms with Gasteiger partial charge in [-0.2, -0.15) is 10.5 Å². The lowest BCUT2D eigenvalue weighted by molar-refractivity contribution is -0.118. The number of benzene rings is 1. The van der Waals surface area contributed by atoms with Crippen molar-refractivity contribution in [2.75, 3.05) is 5.32 Å². The molecule has 1 aromatic carbocycles. The van der Waals surface area contributed by atoms with E-state index in [1.807, 2.05) is 12.1 Å². The summed E-state index contributed by atoms with van der Waals surface area (Å²) >= 11 is 5.68. The van der Waals surface area contributed by atoms with Crippen LogP contribution < -0.4 is 5.32 Å². The van der Waals surface area contributed by atoms with Crippen molar-refractivity contribution in [3.63, 3.8) is 0 Å². The summed E-state index contributed by atoms with van der Waals surface area (Å²) < 4.78 is 27.6. The number of carbonyl (C=O) groups is 1. The number of hydrogen-bond donors (Lipinski definition) is 1. The standard InChI is InChI=1S/C19H14ClF2N5O/c20-15-9-26-16(10-25-15)27-18(28)17(12-3-4-19(21,22)6-12)11-1-2-13(7-23)14(5-11)8-24/h1-2,5,9-10,12,17H,3-4,6H2,(H,26,27,28)/t12-,17-/m1/s1. The molecule has 1 aromatic heterocycles. The summed E-state index contributed by atoms with van der Waals surface area (Å²) in [5.74, 6) is -4.78. The van der Waals surface area contributed by atoms with E-state index in [0.717, 1.165) is 0 Å². The van der Waals surface area contributed by atoms with Crippen LogP contribution in [0.3, 0.4) is 0 Å². The molecule has 142 valence electrons. The van der Waals surface area contributed by atoms with Gasteiger partial charge in [0.15, 0.2) is 5.82 Å². The third-order valence-corrected chi connectivity index (χ3v) is 4.91. The summed E-state index contributed by atoms with van der Waals surface area (Å²) in [5, 5.41) is 21.1. The van der Waals surface area contributed by atoms with Crippen LogP contribution in [0.5, 0.6) is 0 Å². The molecule has 28 heavy (non-hydrogen) atoms. The number of alkyl halides is 2. The minimum Gasteiger partial charge on any atom is -0.309 e. The highest BCUT2D eigenvalue weighted by Gasteiger charge is 2.45. The van der Waals surface area contributed by atoms with Gasteiger partial charge in [0.25, 0.3) is 0 Å². The molecule has 0 bridgehead atoms. The van der Waals surface area contributed by atoms with Crippen LogP contribution in [-0.2, 0) is 4.79 Å². The summed E-state index contributed by atoms with van der Waals surface area (Å²) in [6.45, 7) is 0. The predicted octanol–water partition coefficient (Wildman–Crippen LogP) is 4.03. The van der Waals surface area contributed by atoms with Crippen LogP contribution in [0, 0.1) is 28.6 Å². The van der Waals surface area contributed by atoms with Crippen molar-refractivity contribution < 1.29 is 13.6 Å². The highest BCUT2D eigenvalue weighted by molar-refractivity contribution is 6.29. The molecule has 0 aliphatic heterocycles. The normalized spacial score (nSPS) is 18.7. The number of nitrogens with zero attached hydrogens (tertiary/aromatic N) is 4. The number of anilines is 1. The molecule has 0 unspecified atom stereocenters. The van der Waals surface area contributed by atoms with Crippen LogP contribution >= 0.6 is 11.6 Å². The second kappa shape index (κ2) is 7.87. The van der Waals surface area contributed by atoms with E-state index in [9.17, 15) is 18.8 Å². The maximum Gasteiger partial charge on any atom is 0.248 e. The zero-order chi connectivity index (χ0) is 20.3. The van der Waals surface area contributed by atoms with Gasteiger partial charge in [-0.3, -0.25) is 4.79 Å². The molecule has 0 spiro atoms.